The van der Waals surface area contributed by atoms with Gasteiger partial charge in [0.15, 0.2) is 9.84 Å². The van der Waals surface area contributed by atoms with Crippen LogP contribution in [0, 0.1) is 0 Å². The molecule has 1 aliphatic rings. The molecule has 0 aliphatic carbocycles. The van der Waals surface area contributed by atoms with Crippen LogP contribution in [0.4, 0.5) is 0 Å². The zero-order valence-electron chi connectivity index (χ0n) is 8.14. The zero-order valence-corrected chi connectivity index (χ0v) is 9.85. The Hall–Kier alpha value is -0.230. The molecule has 1 saturated heterocycles. The third-order valence-electron chi connectivity index (χ3n) is 2.33. The average Bonchev–Trinajstić information content (AvgIpc) is 2.15. The number of carbonyl (C=O) groups is 1. The summed E-state index contributed by atoms with van der Waals surface area (Å²) in [4.78, 5) is 13.2. The molecule has 1 fully saturated rings. The Kier molecular flexibility index (Phi) is 3.83. The molecule has 0 aromatic carbocycles. The van der Waals surface area contributed by atoms with Crippen molar-refractivity contribution in [2.24, 2.45) is 0 Å². The summed E-state index contributed by atoms with van der Waals surface area (Å²) in [6, 6.07) is 0. The molecule has 4 nitrogen and oxygen atoms in total. The summed E-state index contributed by atoms with van der Waals surface area (Å²) in [5.74, 6) is 0.122. The third kappa shape index (κ3) is 2.88. The molecule has 0 aromatic rings. The minimum atomic E-state index is -2.90. The molecule has 1 aliphatic heterocycles. The van der Waals surface area contributed by atoms with Crippen LogP contribution in [0.1, 0.15) is 13.3 Å². The maximum atomic E-state index is 11.6. The second-order valence-electron chi connectivity index (χ2n) is 3.40. The van der Waals surface area contributed by atoms with Crippen LogP contribution in [0.15, 0.2) is 0 Å². The number of carbonyl (C=O) groups excluding carboxylic acids is 1. The Labute approximate surface area is 90.0 Å². The fourth-order valence-electron chi connectivity index (χ4n) is 1.32. The highest BCUT2D eigenvalue weighted by molar-refractivity contribution is 7.91. The van der Waals surface area contributed by atoms with E-state index < -0.39 is 9.84 Å². The molecule has 6 heteroatoms. The van der Waals surface area contributed by atoms with E-state index in [2.05, 4.69) is 12.6 Å². The lowest BCUT2D eigenvalue weighted by atomic mass is 10.3. The number of amides is 1. The van der Waals surface area contributed by atoms with Gasteiger partial charge < -0.3 is 4.90 Å². The summed E-state index contributed by atoms with van der Waals surface area (Å²) >= 11 is 4.14. The van der Waals surface area contributed by atoms with Crippen LogP contribution in [0.3, 0.4) is 0 Å². The lowest BCUT2D eigenvalue weighted by molar-refractivity contribution is -0.130. The summed E-state index contributed by atoms with van der Waals surface area (Å²) in [6.07, 6.45) is 0.672. The maximum absolute atomic E-state index is 11.6. The van der Waals surface area contributed by atoms with E-state index in [9.17, 15) is 13.2 Å². The minimum Gasteiger partial charge on any atom is -0.340 e. The van der Waals surface area contributed by atoms with Crippen molar-refractivity contribution in [2.75, 3.05) is 24.6 Å². The van der Waals surface area contributed by atoms with E-state index in [4.69, 9.17) is 0 Å². The molecule has 0 spiro atoms. The fraction of sp³-hybridized carbons (Fsp3) is 0.875. The summed E-state index contributed by atoms with van der Waals surface area (Å²) in [5, 5.41) is -0.296. The summed E-state index contributed by atoms with van der Waals surface area (Å²) in [5.41, 5.74) is 0. The lowest BCUT2D eigenvalue weighted by Crippen LogP contribution is -2.46. The van der Waals surface area contributed by atoms with Gasteiger partial charge in [-0.15, -0.1) is 0 Å². The van der Waals surface area contributed by atoms with E-state index in [-0.39, 0.29) is 22.7 Å². The zero-order chi connectivity index (χ0) is 10.8. The topological polar surface area (TPSA) is 54.5 Å². The number of sulfone groups is 1. The SMILES string of the molecule is CCC(S)C(=O)N1CCS(=O)(=O)CC1. The molecule has 0 N–H and O–H groups in total. The fourth-order valence-corrected chi connectivity index (χ4v) is 2.68. The van der Waals surface area contributed by atoms with E-state index in [0.717, 1.165) is 0 Å². The highest BCUT2D eigenvalue weighted by Crippen LogP contribution is 2.10. The van der Waals surface area contributed by atoms with E-state index in [1.54, 1.807) is 4.90 Å². The highest BCUT2D eigenvalue weighted by Gasteiger charge is 2.27. The number of nitrogens with zero attached hydrogens (tertiary/aromatic N) is 1. The van der Waals surface area contributed by atoms with Crippen LogP contribution in [0.2, 0.25) is 0 Å². The van der Waals surface area contributed by atoms with Gasteiger partial charge in [-0.3, -0.25) is 4.79 Å². The van der Waals surface area contributed by atoms with Crippen molar-refractivity contribution in [3.8, 4) is 0 Å². The first-order valence-electron chi connectivity index (χ1n) is 4.63. The van der Waals surface area contributed by atoms with Gasteiger partial charge in [-0.25, -0.2) is 8.42 Å². The molecule has 0 bridgehead atoms. The Balaban J connectivity index is 2.54. The molecular weight excluding hydrogens is 222 g/mol. The predicted molar refractivity (Wildman–Crippen MR) is 58.3 cm³/mol. The smallest absolute Gasteiger partial charge is 0.235 e. The van der Waals surface area contributed by atoms with Crippen LogP contribution in [0.25, 0.3) is 0 Å². The van der Waals surface area contributed by atoms with E-state index in [1.165, 1.54) is 0 Å². The van der Waals surface area contributed by atoms with Gasteiger partial charge in [0.1, 0.15) is 0 Å². The first kappa shape index (κ1) is 11.8. The summed E-state index contributed by atoms with van der Waals surface area (Å²) in [6.45, 7) is 2.52. The van der Waals surface area contributed by atoms with Crippen LogP contribution >= 0.6 is 12.6 Å². The van der Waals surface area contributed by atoms with Crippen molar-refractivity contribution < 1.29 is 13.2 Å². The van der Waals surface area contributed by atoms with Crippen LogP contribution in [-0.2, 0) is 14.6 Å². The van der Waals surface area contributed by atoms with Gasteiger partial charge in [-0.05, 0) is 6.42 Å². The first-order chi connectivity index (χ1) is 6.46. The van der Waals surface area contributed by atoms with E-state index in [0.29, 0.717) is 19.5 Å². The second kappa shape index (κ2) is 4.53. The molecule has 0 aromatic heterocycles. The number of hydrogen-bond donors (Lipinski definition) is 1. The van der Waals surface area contributed by atoms with Gasteiger partial charge in [-0.2, -0.15) is 12.6 Å². The Morgan fingerprint density at radius 2 is 1.93 bits per heavy atom. The molecule has 1 heterocycles. The van der Waals surface area contributed by atoms with Gasteiger partial charge >= 0.3 is 0 Å². The average molecular weight is 237 g/mol. The molecule has 1 atom stereocenters. The van der Waals surface area contributed by atoms with Crippen molar-refractivity contribution in [3.63, 3.8) is 0 Å². The van der Waals surface area contributed by atoms with Crippen LogP contribution in [0.5, 0.6) is 0 Å². The van der Waals surface area contributed by atoms with Crippen molar-refractivity contribution in [1.29, 1.82) is 0 Å². The lowest BCUT2D eigenvalue weighted by Gasteiger charge is -2.28. The summed E-state index contributed by atoms with van der Waals surface area (Å²) < 4.78 is 22.2. The Bertz CT molecular complexity index is 299. The third-order valence-corrected chi connectivity index (χ3v) is 4.52. The molecule has 0 radical (unpaired) electrons. The molecule has 1 unspecified atom stereocenters. The Morgan fingerprint density at radius 3 is 2.36 bits per heavy atom. The maximum Gasteiger partial charge on any atom is 0.235 e. The quantitative estimate of drug-likeness (QED) is 0.685. The first-order valence-corrected chi connectivity index (χ1v) is 6.97. The van der Waals surface area contributed by atoms with Crippen molar-refractivity contribution >= 4 is 28.4 Å². The van der Waals surface area contributed by atoms with Crippen LogP contribution < -0.4 is 0 Å². The normalized spacial score (nSPS) is 23.1. The van der Waals surface area contributed by atoms with Gasteiger partial charge in [0.05, 0.1) is 16.8 Å². The van der Waals surface area contributed by atoms with Gasteiger partial charge in [0, 0.05) is 13.1 Å². The number of hydrogen-bond acceptors (Lipinski definition) is 4. The minimum absolute atomic E-state index is 0.0502. The molecule has 82 valence electrons. The van der Waals surface area contributed by atoms with E-state index >= 15 is 0 Å². The van der Waals surface area contributed by atoms with Crippen molar-refractivity contribution in [3.05, 3.63) is 0 Å². The summed E-state index contributed by atoms with van der Waals surface area (Å²) in [7, 11) is -2.90. The van der Waals surface area contributed by atoms with E-state index in [1.807, 2.05) is 6.92 Å². The largest absolute Gasteiger partial charge is 0.340 e. The molecule has 1 rings (SSSR count). The predicted octanol–water partition coefficient (Wildman–Crippen LogP) is -0.0482. The number of rotatable bonds is 2. The molecular formula is C8H15NO3S2. The monoisotopic (exact) mass is 237 g/mol. The van der Waals surface area contributed by atoms with Crippen LogP contribution in [-0.4, -0.2) is 49.1 Å². The Morgan fingerprint density at radius 1 is 1.43 bits per heavy atom. The van der Waals surface area contributed by atoms with Gasteiger partial charge in [-0.1, -0.05) is 6.92 Å². The second-order valence-corrected chi connectivity index (χ2v) is 6.33. The molecule has 14 heavy (non-hydrogen) atoms. The standard InChI is InChI=1S/C8H15NO3S2/c1-2-7(13)8(10)9-3-5-14(11,12)6-4-9/h7,13H,2-6H2,1H3. The molecule has 1 amide bonds. The number of thiol groups is 1. The van der Waals surface area contributed by atoms with Crippen molar-refractivity contribution in [1.82, 2.24) is 4.90 Å². The van der Waals surface area contributed by atoms with Gasteiger partial charge in [0.25, 0.3) is 0 Å². The molecule has 0 saturated carbocycles. The highest BCUT2D eigenvalue weighted by atomic mass is 32.2. The van der Waals surface area contributed by atoms with Crippen molar-refractivity contribution in [2.45, 2.75) is 18.6 Å². The van der Waals surface area contributed by atoms with Gasteiger partial charge in [0.2, 0.25) is 5.91 Å².